The van der Waals surface area contributed by atoms with Crippen LogP contribution in [0.25, 0.3) is 0 Å². The van der Waals surface area contributed by atoms with Crippen LogP contribution < -0.4 is 0 Å². The normalized spacial score (nSPS) is 17.5. The lowest BCUT2D eigenvalue weighted by Crippen LogP contribution is -2.22. The molecule has 1 aliphatic heterocycles. The molecule has 0 saturated carbocycles. The highest BCUT2D eigenvalue weighted by molar-refractivity contribution is 5.69. The summed E-state index contributed by atoms with van der Waals surface area (Å²) in [7, 11) is 2.09. The van der Waals surface area contributed by atoms with Crippen LogP contribution in [0.5, 0.6) is 0 Å². The molecule has 0 aromatic rings. The summed E-state index contributed by atoms with van der Waals surface area (Å²) < 4.78 is 5.53. The number of nitrogens with zero attached hydrogens (tertiary/aromatic N) is 1. The van der Waals surface area contributed by atoms with Gasteiger partial charge in [-0.2, -0.15) is 0 Å². The third kappa shape index (κ3) is 15.1. The van der Waals surface area contributed by atoms with Crippen LogP contribution in [0, 0.1) is 0 Å². The smallest absolute Gasteiger partial charge is 0.306 e. The second-order valence-corrected chi connectivity index (χ2v) is 8.72. The van der Waals surface area contributed by atoms with Gasteiger partial charge in [-0.05, 0) is 19.9 Å². The summed E-state index contributed by atoms with van der Waals surface area (Å²) in [5.74, 6) is 0.0145. The van der Waals surface area contributed by atoms with Gasteiger partial charge in [-0.3, -0.25) is 4.79 Å². The van der Waals surface area contributed by atoms with E-state index >= 15 is 0 Å². The lowest BCUT2D eigenvalue weighted by atomic mass is 10.0. The second-order valence-electron chi connectivity index (χ2n) is 8.72. The molecule has 0 aromatic heterocycles. The van der Waals surface area contributed by atoms with Crippen molar-refractivity contribution in [3.8, 4) is 0 Å². The van der Waals surface area contributed by atoms with Crippen LogP contribution in [0.1, 0.15) is 122 Å². The van der Waals surface area contributed by atoms with Crippen molar-refractivity contribution >= 4 is 5.97 Å². The molecule has 1 atom stereocenters. The Labute approximate surface area is 169 Å². The average molecular weight is 382 g/mol. The fraction of sp³-hybridized carbons (Fsp3) is 0.958. The summed E-state index contributed by atoms with van der Waals surface area (Å²) in [6, 6.07) is 0. The van der Waals surface area contributed by atoms with Gasteiger partial charge >= 0.3 is 5.97 Å². The molecular formula is C24H47NO2. The lowest BCUT2D eigenvalue weighted by molar-refractivity contribution is -0.148. The van der Waals surface area contributed by atoms with E-state index in [4.69, 9.17) is 4.74 Å². The number of carbonyl (C=O) groups is 1. The molecule has 0 amide bonds. The van der Waals surface area contributed by atoms with Crippen molar-refractivity contribution in [2.75, 3.05) is 20.1 Å². The lowest BCUT2D eigenvalue weighted by Gasteiger charge is -2.12. The number of rotatable bonds is 18. The van der Waals surface area contributed by atoms with Gasteiger partial charge < -0.3 is 9.64 Å². The van der Waals surface area contributed by atoms with Crippen LogP contribution in [0.2, 0.25) is 0 Å². The monoisotopic (exact) mass is 381 g/mol. The first-order chi connectivity index (χ1) is 13.2. The molecule has 0 aromatic carbocycles. The van der Waals surface area contributed by atoms with E-state index in [0.717, 1.165) is 25.9 Å². The Kier molecular flexibility index (Phi) is 15.9. The van der Waals surface area contributed by atoms with Crippen molar-refractivity contribution in [1.82, 2.24) is 4.90 Å². The summed E-state index contributed by atoms with van der Waals surface area (Å²) in [4.78, 5) is 14.0. The first kappa shape index (κ1) is 24.5. The fourth-order valence-electron chi connectivity index (χ4n) is 4.05. The highest BCUT2D eigenvalue weighted by Gasteiger charge is 2.22. The summed E-state index contributed by atoms with van der Waals surface area (Å²) in [6.07, 6.45) is 23.6. The molecule has 0 N–H and O–H groups in total. The molecule has 0 aliphatic carbocycles. The quantitative estimate of drug-likeness (QED) is 0.191. The van der Waals surface area contributed by atoms with Crippen molar-refractivity contribution in [1.29, 1.82) is 0 Å². The van der Waals surface area contributed by atoms with Gasteiger partial charge in [-0.25, -0.2) is 0 Å². The number of unbranched alkanes of at least 4 members (excludes halogenated alkanes) is 15. The van der Waals surface area contributed by atoms with Gasteiger partial charge in [0, 0.05) is 19.5 Å². The molecule has 0 bridgehead atoms. The van der Waals surface area contributed by atoms with E-state index in [1.54, 1.807) is 0 Å². The molecule has 1 rings (SSSR count). The van der Waals surface area contributed by atoms with Crippen LogP contribution in [-0.2, 0) is 9.53 Å². The van der Waals surface area contributed by atoms with Crippen molar-refractivity contribution < 1.29 is 9.53 Å². The number of esters is 1. The average Bonchev–Trinajstić information content (AvgIpc) is 3.06. The van der Waals surface area contributed by atoms with E-state index in [-0.39, 0.29) is 12.1 Å². The predicted molar refractivity (Wildman–Crippen MR) is 116 cm³/mol. The first-order valence-electron chi connectivity index (χ1n) is 12.1. The van der Waals surface area contributed by atoms with Crippen molar-refractivity contribution in [2.45, 2.75) is 129 Å². The molecular weight excluding hydrogens is 334 g/mol. The minimum absolute atomic E-state index is 0.0145. The van der Waals surface area contributed by atoms with E-state index in [2.05, 4.69) is 18.9 Å². The Hall–Kier alpha value is -0.570. The number of hydrogen-bond acceptors (Lipinski definition) is 3. The van der Waals surface area contributed by atoms with Gasteiger partial charge in [-0.1, -0.05) is 103 Å². The number of carbonyl (C=O) groups excluding carboxylic acids is 1. The molecule has 1 saturated heterocycles. The largest absolute Gasteiger partial charge is 0.461 e. The van der Waals surface area contributed by atoms with Crippen molar-refractivity contribution in [2.24, 2.45) is 0 Å². The summed E-state index contributed by atoms with van der Waals surface area (Å²) in [6.45, 7) is 4.24. The third-order valence-electron chi connectivity index (χ3n) is 5.88. The second kappa shape index (κ2) is 17.5. The van der Waals surface area contributed by atoms with Gasteiger partial charge in [-0.15, -0.1) is 0 Å². The maximum absolute atomic E-state index is 11.8. The summed E-state index contributed by atoms with van der Waals surface area (Å²) >= 11 is 0. The van der Waals surface area contributed by atoms with E-state index in [9.17, 15) is 4.79 Å². The standard InChI is InChI=1S/C24H47NO2/c1-3-4-5-6-7-8-9-10-11-12-13-14-15-16-17-18-19-24(26)27-23-20-21-25(2)22-23/h23H,3-22H2,1-2H3. The Morgan fingerprint density at radius 3 is 1.63 bits per heavy atom. The fourth-order valence-corrected chi connectivity index (χ4v) is 4.05. The Morgan fingerprint density at radius 1 is 0.778 bits per heavy atom. The molecule has 0 radical (unpaired) electrons. The molecule has 1 unspecified atom stereocenters. The molecule has 1 aliphatic rings. The SMILES string of the molecule is CCCCCCCCCCCCCCCCCCC(=O)OC1CCN(C)C1. The molecule has 27 heavy (non-hydrogen) atoms. The van der Waals surface area contributed by atoms with Crippen molar-refractivity contribution in [3.05, 3.63) is 0 Å². The number of hydrogen-bond donors (Lipinski definition) is 0. The molecule has 160 valence electrons. The maximum Gasteiger partial charge on any atom is 0.306 e. The zero-order chi connectivity index (χ0) is 19.6. The summed E-state index contributed by atoms with van der Waals surface area (Å²) in [5, 5.41) is 0. The van der Waals surface area contributed by atoms with E-state index in [1.807, 2.05) is 0 Å². The van der Waals surface area contributed by atoms with E-state index in [1.165, 1.54) is 96.3 Å². The maximum atomic E-state index is 11.8. The zero-order valence-corrected chi connectivity index (χ0v) is 18.5. The van der Waals surface area contributed by atoms with Gasteiger partial charge in [0.2, 0.25) is 0 Å². The van der Waals surface area contributed by atoms with Crippen LogP contribution in [0.3, 0.4) is 0 Å². The van der Waals surface area contributed by atoms with E-state index in [0.29, 0.717) is 6.42 Å². The van der Waals surface area contributed by atoms with Crippen molar-refractivity contribution in [3.63, 3.8) is 0 Å². The van der Waals surface area contributed by atoms with Gasteiger partial charge in [0.1, 0.15) is 6.10 Å². The topological polar surface area (TPSA) is 29.5 Å². The minimum atomic E-state index is 0.0145. The van der Waals surface area contributed by atoms with Crippen LogP contribution in [-0.4, -0.2) is 37.1 Å². The Morgan fingerprint density at radius 2 is 1.22 bits per heavy atom. The van der Waals surface area contributed by atoms with Crippen LogP contribution >= 0.6 is 0 Å². The Balaban J connectivity index is 1.72. The zero-order valence-electron chi connectivity index (χ0n) is 18.5. The van der Waals surface area contributed by atoms with Gasteiger partial charge in [0.15, 0.2) is 0 Å². The molecule has 1 fully saturated rings. The predicted octanol–water partition coefficient (Wildman–Crippen LogP) is 6.89. The summed E-state index contributed by atoms with van der Waals surface area (Å²) in [5.41, 5.74) is 0. The molecule has 1 heterocycles. The van der Waals surface area contributed by atoms with E-state index < -0.39 is 0 Å². The number of ether oxygens (including phenoxy) is 1. The third-order valence-corrected chi connectivity index (χ3v) is 5.88. The first-order valence-corrected chi connectivity index (χ1v) is 12.1. The Bertz CT molecular complexity index is 345. The molecule has 3 nitrogen and oxygen atoms in total. The molecule has 0 spiro atoms. The minimum Gasteiger partial charge on any atom is -0.461 e. The highest BCUT2D eigenvalue weighted by atomic mass is 16.5. The molecule has 3 heteroatoms. The van der Waals surface area contributed by atoms with Crippen LogP contribution in [0.15, 0.2) is 0 Å². The number of likely N-dealkylation sites (N-methyl/N-ethyl adjacent to an activating group) is 1. The highest BCUT2D eigenvalue weighted by Crippen LogP contribution is 2.15. The van der Waals surface area contributed by atoms with Gasteiger partial charge in [0.25, 0.3) is 0 Å². The number of likely N-dealkylation sites (tertiary alicyclic amines) is 1. The van der Waals surface area contributed by atoms with Crippen LogP contribution in [0.4, 0.5) is 0 Å². The van der Waals surface area contributed by atoms with Gasteiger partial charge in [0.05, 0.1) is 0 Å².